The Morgan fingerprint density at radius 1 is 1.11 bits per heavy atom. The maximum Gasteiger partial charge on any atom is 0.331 e. The number of rotatable bonds is 9. The van der Waals surface area contributed by atoms with Crippen LogP contribution in [-0.2, 0) is 21.7 Å². The van der Waals surface area contributed by atoms with E-state index < -0.39 is 28.8 Å². The molecule has 0 spiro atoms. The first-order chi connectivity index (χ1) is 16.8. The molecular formula is C27H30FN3O3S. The summed E-state index contributed by atoms with van der Waals surface area (Å²) in [7, 11) is 0. The van der Waals surface area contributed by atoms with E-state index in [-0.39, 0.29) is 5.91 Å². The number of halogens is 1. The molecule has 0 aliphatic carbocycles. The minimum Gasteiger partial charge on any atom is -0.479 e. The van der Waals surface area contributed by atoms with Crippen molar-refractivity contribution in [1.82, 2.24) is 10.7 Å². The van der Waals surface area contributed by atoms with Crippen LogP contribution in [0, 0.1) is 11.7 Å². The first-order valence-electron chi connectivity index (χ1n) is 11.8. The van der Waals surface area contributed by atoms with Gasteiger partial charge in [-0.2, -0.15) is 0 Å². The van der Waals surface area contributed by atoms with Gasteiger partial charge in [0.05, 0.1) is 12.2 Å². The number of carbonyl (C=O) groups excluding carboxylic acids is 1. The Bertz CT molecular complexity index is 1160. The highest BCUT2D eigenvalue weighted by Crippen LogP contribution is 2.50. The highest BCUT2D eigenvalue weighted by atomic mass is 32.1. The molecule has 3 atom stereocenters. The molecule has 1 saturated heterocycles. The van der Waals surface area contributed by atoms with E-state index in [1.54, 1.807) is 24.1 Å². The number of thiophene rings is 1. The molecule has 184 valence electrons. The third-order valence-corrected chi connectivity index (χ3v) is 7.79. The fraction of sp³-hybridized carbons (Fsp3) is 0.333. The van der Waals surface area contributed by atoms with Crippen molar-refractivity contribution in [3.63, 3.8) is 0 Å². The van der Waals surface area contributed by atoms with Crippen molar-refractivity contribution in [1.29, 1.82) is 0 Å². The van der Waals surface area contributed by atoms with Gasteiger partial charge in [-0.3, -0.25) is 9.80 Å². The Hall–Kier alpha value is -3.23. The van der Waals surface area contributed by atoms with Crippen molar-refractivity contribution in [2.24, 2.45) is 5.92 Å². The number of benzene rings is 2. The zero-order valence-corrected chi connectivity index (χ0v) is 20.6. The molecule has 8 heteroatoms. The number of nitrogens with zero attached hydrogens (tertiary/aromatic N) is 1. The minimum atomic E-state index is -1.45. The van der Waals surface area contributed by atoms with Gasteiger partial charge in [0.1, 0.15) is 11.4 Å². The first-order valence-corrected chi connectivity index (χ1v) is 12.6. The molecule has 1 aliphatic rings. The van der Waals surface area contributed by atoms with E-state index in [0.717, 1.165) is 17.7 Å². The van der Waals surface area contributed by atoms with Crippen LogP contribution in [0.1, 0.15) is 43.6 Å². The number of anilines is 1. The summed E-state index contributed by atoms with van der Waals surface area (Å²) in [6, 6.07) is 18.8. The zero-order valence-electron chi connectivity index (χ0n) is 19.8. The van der Waals surface area contributed by atoms with Crippen LogP contribution in [0.3, 0.4) is 0 Å². The number of amides is 1. The van der Waals surface area contributed by atoms with E-state index in [1.807, 2.05) is 54.8 Å². The molecule has 2 aromatic carbocycles. The minimum absolute atomic E-state index is 0.316. The van der Waals surface area contributed by atoms with E-state index in [2.05, 4.69) is 10.7 Å². The van der Waals surface area contributed by atoms with E-state index in [9.17, 15) is 19.1 Å². The number of carbonyl (C=O) groups is 2. The van der Waals surface area contributed by atoms with Crippen LogP contribution in [0.15, 0.2) is 72.1 Å². The van der Waals surface area contributed by atoms with Gasteiger partial charge in [-0.25, -0.2) is 14.6 Å². The average molecular weight is 496 g/mol. The van der Waals surface area contributed by atoms with Crippen molar-refractivity contribution < 1.29 is 19.1 Å². The molecule has 3 N–H and O–H groups in total. The Kier molecular flexibility index (Phi) is 7.23. The van der Waals surface area contributed by atoms with Gasteiger partial charge in [-0.15, -0.1) is 11.3 Å². The number of nitrogens with one attached hydrogen (secondary N) is 2. The van der Waals surface area contributed by atoms with Gasteiger partial charge in [0.25, 0.3) is 0 Å². The van der Waals surface area contributed by atoms with Crippen LogP contribution in [0.5, 0.6) is 0 Å². The highest BCUT2D eigenvalue weighted by molar-refractivity contribution is 7.09. The van der Waals surface area contributed by atoms with E-state index in [4.69, 9.17) is 0 Å². The van der Waals surface area contributed by atoms with Crippen LogP contribution < -0.4 is 15.8 Å². The molecule has 3 unspecified atom stereocenters. The SMILES string of the molecule is CCCCC1C(C(=O)NCc2cccs2)(c2ccc(F)cc2)NN(c2ccccc2)C1(C)C(=O)O. The third kappa shape index (κ3) is 4.44. The van der Waals surface area contributed by atoms with Crippen LogP contribution >= 0.6 is 11.3 Å². The largest absolute Gasteiger partial charge is 0.479 e. The van der Waals surface area contributed by atoms with Gasteiger partial charge in [0, 0.05) is 10.8 Å². The number of hydrazine groups is 1. The van der Waals surface area contributed by atoms with Gasteiger partial charge < -0.3 is 10.4 Å². The van der Waals surface area contributed by atoms with E-state index in [0.29, 0.717) is 24.2 Å². The quantitative estimate of drug-likeness (QED) is 0.386. The molecule has 3 aromatic rings. The van der Waals surface area contributed by atoms with Gasteiger partial charge in [0.2, 0.25) is 5.91 Å². The molecule has 35 heavy (non-hydrogen) atoms. The molecule has 4 rings (SSSR count). The standard InChI is InChI=1S/C27H30FN3O3S/c1-3-4-12-23-26(2,25(33)34)31(21-9-6-5-7-10-21)30-27(23,19-13-15-20(28)16-14-19)24(32)29-18-22-11-8-17-35-22/h5-11,13-17,23,30H,3-4,12,18H2,1-2H3,(H,29,32)(H,33,34). The summed E-state index contributed by atoms with van der Waals surface area (Å²) in [5.74, 6) is -2.46. The monoisotopic (exact) mass is 495 g/mol. The summed E-state index contributed by atoms with van der Waals surface area (Å²) < 4.78 is 13.9. The van der Waals surface area contributed by atoms with Gasteiger partial charge in [0.15, 0.2) is 5.54 Å². The Morgan fingerprint density at radius 2 is 1.83 bits per heavy atom. The molecule has 1 aliphatic heterocycles. The maximum absolute atomic E-state index is 14.1. The Balaban J connectivity index is 1.89. The second kappa shape index (κ2) is 10.2. The topological polar surface area (TPSA) is 81.7 Å². The van der Waals surface area contributed by atoms with Crippen molar-refractivity contribution in [2.75, 3.05) is 5.01 Å². The molecule has 0 bridgehead atoms. The average Bonchev–Trinajstić information content (AvgIpc) is 3.48. The predicted octanol–water partition coefficient (Wildman–Crippen LogP) is 5.07. The summed E-state index contributed by atoms with van der Waals surface area (Å²) in [6.45, 7) is 4.01. The lowest BCUT2D eigenvalue weighted by Crippen LogP contribution is -2.56. The zero-order chi connectivity index (χ0) is 25.1. The summed E-state index contributed by atoms with van der Waals surface area (Å²) in [5.41, 5.74) is 1.61. The Labute approximate surface area is 208 Å². The lowest BCUT2D eigenvalue weighted by Gasteiger charge is -2.37. The normalized spacial score (nSPS) is 23.9. The molecule has 6 nitrogen and oxygen atoms in total. The van der Waals surface area contributed by atoms with Crippen LogP contribution in [0.2, 0.25) is 0 Å². The first kappa shape index (κ1) is 24.9. The lowest BCUT2D eigenvalue weighted by atomic mass is 9.68. The van der Waals surface area contributed by atoms with E-state index in [1.165, 1.54) is 23.5 Å². The number of hydrogen-bond acceptors (Lipinski definition) is 5. The molecule has 1 aromatic heterocycles. The van der Waals surface area contributed by atoms with Gasteiger partial charge in [-0.05, 0) is 54.6 Å². The molecule has 0 radical (unpaired) electrons. The number of unbranched alkanes of at least 4 members (excludes halogenated alkanes) is 1. The van der Waals surface area contributed by atoms with Crippen molar-refractivity contribution in [2.45, 2.75) is 50.7 Å². The van der Waals surface area contributed by atoms with Crippen LogP contribution in [-0.4, -0.2) is 22.5 Å². The summed E-state index contributed by atoms with van der Waals surface area (Å²) in [6.07, 6.45) is 2.06. The third-order valence-electron chi connectivity index (χ3n) is 6.91. The van der Waals surface area contributed by atoms with Crippen LogP contribution in [0.25, 0.3) is 0 Å². The summed E-state index contributed by atoms with van der Waals surface area (Å²) in [4.78, 5) is 28.1. The molecule has 0 saturated carbocycles. The van der Waals surface area contributed by atoms with Gasteiger partial charge in [-0.1, -0.05) is 56.2 Å². The highest BCUT2D eigenvalue weighted by Gasteiger charge is 2.66. The smallest absolute Gasteiger partial charge is 0.331 e. The molecule has 1 fully saturated rings. The number of carboxylic acids is 1. The predicted molar refractivity (Wildman–Crippen MR) is 135 cm³/mol. The second-order valence-corrected chi connectivity index (χ2v) is 10.0. The van der Waals surface area contributed by atoms with E-state index >= 15 is 0 Å². The second-order valence-electron chi connectivity index (χ2n) is 9.01. The molecule has 1 amide bonds. The number of para-hydroxylation sites is 1. The molecule has 2 heterocycles. The number of aliphatic carboxylic acids is 1. The summed E-state index contributed by atoms with van der Waals surface area (Å²) >= 11 is 1.53. The fourth-order valence-corrected chi connectivity index (χ4v) is 5.69. The fourth-order valence-electron chi connectivity index (χ4n) is 5.05. The van der Waals surface area contributed by atoms with Crippen molar-refractivity contribution >= 4 is 28.9 Å². The summed E-state index contributed by atoms with van der Waals surface area (Å²) in [5, 5.41) is 17.2. The van der Waals surface area contributed by atoms with Crippen LogP contribution in [0.4, 0.5) is 10.1 Å². The maximum atomic E-state index is 14.1. The number of hydrogen-bond donors (Lipinski definition) is 3. The van der Waals surface area contributed by atoms with Gasteiger partial charge >= 0.3 is 5.97 Å². The van der Waals surface area contributed by atoms with Crippen molar-refractivity contribution in [3.8, 4) is 0 Å². The molecular weight excluding hydrogens is 465 g/mol. The Morgan fingerprint density at radius 3 is 2.43 bits per heavy atom. The van der Waals surface area contributed by atoms with Crippen molar-refractivity contribution in [3.05, 3.63) is 88.4 Å². The lowest BCUT2D eigenvalue weighted by molar-refractivity contribution is -0.145. The number of carboxylic acid groups (broad SMARTS) is 1.